The van der Waals surface area contributed by atoms with Gasteiger partial charge in [-0.1, -0.05) is 30.4 Å². The molecule has 102 valence electrons. The SMILES string of the molecule is C=CCOc1ccc(NC(=O)c2cccc(C)c2)cc1. The van der Waals surface area contributed by atoms with E-state index in [-0.39, 0.29) is 5.91 Å². The number of carbonyl (C=O) groups excluding carboxylic acids is 1. The van der Waals surface area contributed by atoms with Crippen LogP contribution in [0.25, 0.3) is 0 Å². The van der Waals surface area contributed by atoms with Crippen LogP contribution in [0, 0.1) is 6.92 Å². The molecule has 2 rings (SSSR count). The first-order valence-corrected chi connectivity index (χ1v) is 6.41. The summed E-state index contributed by atoms with van der Waals surface area (Å²) in [5.74, 6) is 0.631. The number of carbonyl (C=O) groups is 1. The first-order chi connectivity index (χ1) is 9.69. The molecule has 3 nitrogen and oxygen atoms in total. The zero-order valence-electron chi connectivity index (χ0n) is 11.4. The quantitative estimate of drug-likeness (QED) is 0.836. The minimum Gasteiger partial charge on any atom is -0.490 e. The van der Waals surface area contributed by atoms with Crippen LogP contribution in [0.5, 0.6) is 5.75 Å². The third-order valence-electron chi connectivity index (χ3n) is 2.76. The van der Waals surface area contributed by atoms with Gasteiger partial charge in [-0.2, -0.15) is 0 Å². The van der Waals surface area contributed by atoms with E-state index in [9.17, 15) is 4.79 Å². The third kappa shape index (κ3) is 3.72. The van der Waals surface area contributed by atoms with Crippen molar-refractivity contribution in [3.05, 3.63) is 72.3 Å². The molecule has 0 aliphatic rings. The Morgan fingerprint density at radius 2 is 2.00 bits per heavy atom. The Kier molecular flexibility index (Phi) is 4.56. The Balaban J connectivity index is 2.02. The Labute approximate surface area is 118 Å². The fourth-order valence-corrected chi connectivity index (χ4v) is 1.78. The maximum absolute atomic E-state index is 12.1. The molecule has 2 aromatic rings. The van der Waals surface area contributed by atoms with Crippen molar-refractivity contribution in [2.24, 2.45) is 0 Å². The van der Waals surface area contributed by atoms with Crippen LogP contribution in [0.3, 0.4) is 0 Å². The maximum atomic E-state index is 12.1. The van der Waals surface area contributed by atoms with Gasteiger partial charge in [0, 0.05) is 11.3 Å². The molecule has 0 bridgehead atoms. The average molecular weight is 267 g/mol. The molecule has 0 atom stereocenters. The highest BCUT2D eigenvalue weighted by molar-refractivity contribution is 6.04. The Hall–Kier alpha value is -2.55. The summed E-state index contributed by atoms with van der Waals surface area (Å²) in [6.07, 6.45) is 1.69. The van der Waals surface area contributed by atoms with E-state index in [1.165, 1.54) is 0 Å². The summed E-state index contributed by atoms with van der Waals surface area (Å²) in [6.45, 7) is 6.02. The molecule has 1 amide bonds. The van der Waals surface area contributed by atoms with E-state index in [0.717, 1.165) is 17.0 Å². The van der Waals surface area contributed by atoms with Gasteiger partial charge in [0.1, 0.15) is 12.4 Å². The largest absolute Gasteiger partial charge is 0.490 e. The molecule has 0 saturated carbocycles. The highest BCUT2D eigenvalue weighted by Crippen LogP contribution is 2.16. The molecular formula is C17H17NO2. The molecule has 0 spiro atoms. The van der Waals surface area contributed by atoms with E-state index in [4.69, 9.17) is 4.74 Å². The predicted molar refractivity (Wildman–Crippen MR) is 81.3 cm³/mol. The van der Waals surface area contributed by atoms with Gasteiger partial charge in [-0.15, -0.1) is 0 Å². The molecular weight excluding hydrogens is 250 g/mol. The molecule has 1 N–H and O–H groups in total. The van der Waals surface area contributed by atoms with Crippen molar-refractivity contribution >= 4 is 11.6 Å². The molecule has 20 heavy (non-hydrogen) atoms. The molecule has 2 aromatic carbocycles. The normalized spacial score (nSPS) is 9.85. The van der Waals surface area contributed by atoms with Crippen molar-refractivity contribution in [3.8, 4) is 5.75 Å². The molecule has 0 saturated heterocycles. The number of amides is 1. The number of hydrogen-bond donors (Lipinski definition) is 1. The smallest absolute Gasteiger partial charge is 0.255 e. The lowest BCUT2D eigenvalue weighted by Gasteiger charge is -2.07. The van der Waals surface area contributed by atoms with Gasteiger partial charge in [-0.25, -0.2) is 0 Å². The minimum absolute atomic E-state index is 0.117. The van der Waals surface area contributed by atoms with Crippen LogP contribution < -0.4 is 10.1 Å². The first-order valence-electron chi connectivity index (χ1n) is 6.41. The van der Waals surface area contributed by atoms with Crippen molar-refractivity contribution in [2.75, 3.05) is 11.9 Å². The fourth-order valence-electron chi connectivity index (χ4n) is 1.78. The van der Waals surface area contributed by atoms with Crippen LogP contribution >= 0.6 is 0 Å². The Bertz CT molecular complexity index is 603. The zero-order valence-corrected chi connectivity index (χ0v) is 11.4. The number of ether oxygens (including phenoxy) is 1. The lowest BCUT2D eigenvalue weighted by molar-refractivity contribution is 0.102. The number of nitrogens with one attached hydrogen (secondary N) is 1. The summed E-state index contributed by atoms with van der Waals surface area (Å²) in [7, 11) is 0. The lowest BCUT2D eigenvalue weighted by atomic mass is 10.1. The summed E-state index contributed by atoms with van der Waals surface area (Å²) in [5.41, 5.74) is 2.45. The van der Waals surface area contributed by atoms with Crippen molar-refractivity contribution in [1.82, 2.24) is 0 Å². The number of aryl methyl sites for hydroxylation is 1. The predicted octanol–water partition coefficient (Wildman–Crippen LogP) is 3.81. The van der Waals surface area contributed by atoms with Gasteiger partial charge < -0.3 is 10.1 Å². The van der Waals surface area contributed by atoms with E-state index < -0.39 is 0 Å². The van der Waals surface area contributed by atoms with Crippen molar-refractivity contribution < 1.29 is 9.53 Å². The van der Waals surface area contributed by atoms with E-state index in [1.807, 2.05) is 49.4 Å². The van der Waals surface area contributed by atoms with Gasteiger partial charge in [0.05, 0.1) is 0 Å². The number of benzene rings is 2. The summed E-state index contributed by atoms with van der Waals surface area (Å²) in [6, 6.07) is 14.7. The van der Waals surface area contributed by atoms with Crippen molar-refractivity contribution in [1.29, 1.82) is 0 Å². The van der Waals surface area contributed by atoms with Crippen LogP contribution in [-0.2, 0) is 0 Å². The maximum Gasteiger partial charge on any atom is 0.255 e. The fraction of sp³-hybridized carbons (Fsp3) is 0.118. The van der Waals surface area contributed by atoms with E-state index in [0.29, 0.717) is 12.2 Å². The molecule has 0 aliphatic heterocycles. The van der Waals surface area contributed by atoms with Crippen molar-refractivity contribution in [2.45, 2.75) is 6.92 Å². The van der Waals surface area contributed by atoms with E-state index in [1.54, 1.807) is 12.1 Å². The Morgan fingerprint density at radius 1 is 1.25 bits per heavy atom. The summed E-state index contributed by atoms with van der Waals surface area (Å²) < 4.78 is 5.38. The van der Waals surface area contributed by atoms with Gasteiger partial charge in [0.2, 0.25) is 0 Å². The van der Waals surface area contributed by atoms with Crippen LogP contribution in [0.1, 0.15) is 15.9 Å². The average Bonchev–Trinajstić information content (AvgIpc) is 2.46. The lowest BCUT2D eigenvalue weighted by Crippen LogP contribution is -2.11. The third-order valence-corrected chi connectivity index (χ3v) is 2.76. The highest BCUT2D eigenvalue weighted by Gasteiger charge is 2.05. The monoisotopic (exact) mass is 267 g/mol. The van der Waals surface area contributed by atoms with Gasteiger partial charge in [-0.3, -0.25) is 4.79 Å². The van der Waals surface area contributed by atoms with Crippen LogP contribution in [0.2, 0.25) is 0 Å². The minimum atomic E-state index is -0.117. The number of anilines is 1. The second-order valence-electron chi connectivity index (χ2n) is 4.45. The molecule has 0 aromatic heterocycles. The van der Waals surface area contributed by atoms with Gasteiger partial charge in [-0.05, 0) is 43.3 Å². The van der Waals surface area contributed by atoms with E-state index >= 15 is 0 Å². The summed E-state index contributed by atoms with van der Waals surface area (Å²) in [5, 5.41) is 2.85. The van der Waals surface area contributed by atoms with Gasteiger partial charge in [0.25, 0.3) is 5.91 Å². The second kappa shape index (κ2) is 6.57. The molecule has 0 heterocycles. The second-order valence-corrected chi connectivity index (χ2v) is 4.45. The Morgan fingerprint density at radius 3 is 2.65 bits per heavy atom. The molecule has 0 unspecified atom stereocenters. The standard InChI is InChI=1S/C17H17NO2/c1-3-11-20-16-9-7-15(8-10-16)18-17(19)14-6-4-5-13(2)12-14/h3-10,12H,1,11H2,2H3,(H,18,19). The molecule has 3 heteroatoms. The van der Waals surface area contributed by atoms with Gasteiger partial charge >= 0.3 is 0 Å². The topological polar surface area (TPSA) is 38.3 Å². The highest BCUT2D eigenvalue weighted by atomic mass is 16.5. The summed E-state index contributed by atoms with van der Waals surface area (Å²) >= 11 is 0. The number of hydrogen-bond acceptors (Lipinski definition) is 2. The van der Waals surface area contributed by atoms with Crippen LogP contribution in [0.4, 0.5) is 5.69 Å². The molecule has 0 radical (unpaired) electrons. The summed E-state index contributed by atoms with van der Waals surface area (Å²) in [4.78, 5) is 12.1. The first kappa shape index (κ1) is 13.9. The van der Waals surface area contributed by atoms with Crippen molar-refractivity contribution in [3.63, 3.8) is 0 Å². The molecule has 0 aliphatic carbocycles. The van der Waals surface area contributed by atoms with E-state index in [2.05, 4.69) is 11.9 Å². The van der Waals surface area contributed by atoms with Crippen LogP contribution in [0.15, 0.2) is 61.2 Å². The number of rotatable bonds is 5. The zero-order chi connectivity index (χ0) is 14.4. The molecule has 0 fully saturated rings. The van der Waals surface area contributed by atoms with Gasteiger partial charge in [0.15, 0.2) is 0 Å². The van der Waals surface area contributed by atoms with Crippen LogP contribution in [-0.4, -0.2) is 12.5 Å².